The predicted octanol–water partition coefficient (Wildman–Crippen LogP) is 0.891. The maximum Gasteiger partial charge on any atom is 0.274 e. The van der Waals surface area contributed by atoms with Gasteiger partial charge in [0.1, 0.15) is 5.69 Å². The molecule has 102 valence electrons. The molecule has 2 aromatic rings. The molecular weight excluding hydrogens is 256 g/mol. The van der Waals surface area contributed by atoms with E-state index in [9.17, 15) is 9.59 Å². The Bertz CT molecular complexity index is 621. The Labute approximate surface area is 115 Å². The van der Waals surface area contributed by atoms with Crippen LogP contribution in [0.2, 0.25) is 0 Å². The Kier molecular flexibility index (Phi) is 4.07. The number of anilines is 1. The van der Waals surface area contributed by atoms with Crippen LogP contribution in [0.1, 0.15) is 26.4 Å². The van der Waals surface area contributed by atoms with Crippen molar-refractivity contribution in [3.8, 4) is 0 Å². The van der Waals surface area contributed by atoms with Gasteiger partial charge in [0.25, 0.3) is 5.91 Å². The van der Waals surface area contributed by atoms with Gasteiger partial charge in [-0.15, -0.1) is 0 Å². The molecule has 6 heteroatoms. The van der Waals surface area contributed by atoms with Crippen molar-refractivity contribution < 1.29 is 9.59 Å². The Morgan fingerprint density at radius 2 is 1.80 bits per heavy atom. The number of pyridine rings is 1. The Balaban J connectivity index is 2.08. The third-order valence-corrected chi connectivity index (χ3v) is 2.72. The summed E-state index contributed by atoms with van der Waals surface area (Å²) in [6.45, 7) is 0.378. The van der Waals surface area contributed by atoms with E-state index in [0.29, 0.717) is 23.5 Å². The van der Waals surface area contributed by atoms with Gasteiger partial charge >= 0.3 is 0 Å². The van der Waals surface area contributed by atoms with Crippen LogP contribution in [0.4, 0.5) is 5.69 Å². The maximum atomic E-state index is 11.9. The monoisotopic (exact) mass is 270 g/mol. The van der Waals surface area contributed by atoms with E-state index in [1.165, 1.54) is 0 Å². The molecule has 1 heterocycles. The first-order valence-electron chi connectivity index (χ1n) is 5.96. The number of hydrogen-bond acceptors (Lipinski definition) is 4. The molecule has 2 amide bonds. The molecule has 20 heavy (non-hydrogen) atoms. The number of nitrogens with one attached hydrogen (secondary N) is 1. The highest BCUT2D eigenvalue weighted by atomic mass is 16.2. The second-order valence-corrected chi connectivity index (χ2v) is 4.15. The number of aromatic nitrogens is 1. The van der Waals surface area contributed by atoms with Crippen molar-refractivity contribution in [3.05, 3.63) is 59.4 Å². The van der Waals surface area contributed by atoms with Crippen LogP contribution < -0.4 is 16.8 Å². The smallest absolute Gasteiger partial charge is 0.274 e. The zero-order chi connectivity index (χ0) is 14.5. The lowest BCUT2D eigenvalue weighted by molar-refractivity contribution is 0.0998. The maximum absolute atomic E-state index is 11.9. The fraction of sp³-hybridized carbons (Fsp3) is 0.0714. The van der Waals surface area contributed by atoms with Crippen LogP contribution >= 0.6 is 0 Å². The zero-order valence-electron chi connectivity index (χ0n) is 10.7. The van der Waals surface area contributed by atoms with Gasteiger partial charge in [-0.1, -0.05) is 6.07 Å². The summed E-state index contributed by atoms with van der Waals surface area (Å²) in [7, 11) is 0. The molecule has 0 fully saturated rings. The van der Waals surface area contributed by atoms with Crippen LogP contribution in [0.25, 0.3) is 0 Å². The zero-order valence-corrected chi connectivity index (χ0v) is 10.7. The van der Waals surface area contributed by atoms with Crippen LogP contribution in [0.5, 0.6) is 0 Å². The lowest BCUT2D eigenvalue weighted by atomic mass is 10.2. The lowest BCUT2D eigenvalue weighted by Crippen LogP contribution is -2.14. The number of nitrogens with two attached hydrogens (primary N) is 2. The summed E-state index contributed by atoms with van der Waals surface area (Å²) in [4.78, 5) is 26.9. The van der Waals surface area contributed by atoms with E-state index in [2.05, 4.69) is 10.3 Å². The highest BCUT2D eigenvalue weighted by Crippen LogP contribution is 2.10. The van der Waals surface area contributed by atoms with E-state index in [-0.39, 0.29) is 5.91 Å². The van der Waals surface area contributed by atoms with Crippen molar-refractivity contribution in [1.29, 1.82) is 0 Å². The fourth-order valence-electron chi connectivity index (χ4n) is 1.59. The number of carbonyl (C=O) groups excluding carboxylic acids is 2. The SMILES string of the molecule is NCc1ccc(C(=O)Nc2ccc(C(N)=O)cc2)nc1. The van der Waals surface area contributed by atoms with Gasteiger partial charge in [0.2, 0.25) is 5.91 Å². The van der Waals surface area contributed by atoms with Crippen molar-refractivity contribution in [2.45, 2.75) is 6.54 Å². The number of hydrogen-bond donors (Lipinski definition) is 3. The molecule has 0 saturated carbocycles. The van der Waals surface area contributed by atoms with Crippen LogP contribution in [0, 0.1) is 0 Å². The van der Waals surface area contributed by atoms with Crippen LogP contribution in [-0.2, 0) is 6.54 Å². The average molecular weight is 270 g/mol. The molecule has 0 spiro atoms. The third kappa shape index (κ3) is 3.18. The highest BCUT2D eigenvalue weighted by Gasteiger charge is 2.08. The molecule has 2 rings (SSSR count). The molecule has 0 aliphatic rings. The van der Waals surface area contributed by atoms with Crippen LogP contribution in [0.3, 0.4) is 0 Å². The number of rotatable bonds is 4. The second-order valence-electron chi connectivity index (χ2n) is 4.15. The average Bonchev–Trinajstić information content (AvgIpc) is 2.48. The Morgan fingerprint density at radius 1 is 1.10 bits per heavy atom. The largest absolute Gasteiger partial charge is 0.366 e. The number of amides is 2. The van der Waals surface area contributed by atoms with Gasteiger partial charge in [0.05, 0.1) is 0 Å². The van der Waals surface area contributed by atoms with Crippen molar-refractivity contribution in [2.24, 2.45) is 11.5 Å². The van der Waals surface area contributed by atoms with E-state index in [1.54, 1.807) is 42.6 Å². The Hall–Kier alpha value is -2.73. The molecule has 0 saturated heterocycles. The summed E-state index contributed by atoms with van der Waals surface area (Å²) in [6.07, 6.45) is 1.56. The van der Waals surface area contributed by atoms with E-state index < -0.39 is 5.91 Å². The minimum atomic E-state index is -0.512. The van der Waals surface area contributed by atoms with Gasteiger partial charge in [0, 0.05) is 24.0 Å². The molecule has 1 aromatic heterocycles. The molecule has 0 unspecified atom stereocenters. The van der Waals surface area contributed by atoms with Crippen molar-refractivity contribution in [3.63, 3.8) is 0 Å². The van der Waals surface area contributed by atoms with Gasteiger partial charge in [0.15, 0.2) is 0 Å². The normalized spacial score (nSPS) is 10.1. The third-order valence-electron chi connectivity index (χ3n) is 2.72. The molecule has 0 aliphatic heterocycles. The van der Waals surface area contributed by atoms with Gasteiger partial charge in [-0.25, -0.2) is 0 Å². The first-order valence-corrected chi connectivity index (χ1v) is 5.96. The molecule has 0 aliphatic carbocycles. The standard InChI is InChI=1S/C14H14N4O2/c15-7-9-1-6-12(17-8-9)14(20)18-11-4-2-10(3-5-11)13(16)19/h1-6,8H,7,15H2,(H2,16,19)(H,18,20). The first kappa shape index (κ1) is 13.7. The number of carbonyl (C=O) groups is 2. The second kappa shape index (κ2) is 5.94. The summed E-state index contributed by atoms with van der Waals surface area (Å²) in [5.41, 5.74) is 12.7. The quantitative estimate of drug-likeness (QED) is 0.766. The molecule has 6 nitrogen and oxygen atoms in total. The molecular formula is C14H14N4O2. The van der Waals surface area contributed by atoms with Gasteiger partial charge in [-0.3, -0.25) is 14.6 Å². The molecule has 5 N–H and O–H groups in total. The highest BCUT2D eigenvalue weighted by molar-refractivity contribution is 6.03. The summed E-state index contributed by atoms with van der Waals surface area (Å²) in [5, 5.41) is 2.68. The van der Waals surface area contributed by atoms with Gasteiger partial charge in [-0.2, -0.15) is 0 Å². The fourth-order valence-corrected chi connectivity index (χ4v) is 1.59. The number of benzene rings is 1. The van der Waals surface area contributed by atoms with Crippen LogP contribution in [-0.4, -0.2) is 16.8 Å². The van der Waals surface area contributed by atoms with Crippen molar-refractivity contribution in [1.82, 2.24) is 4.98 Å². The molecule has 1 aromatic carbocycles. The van der Waals surface area contributed by atoms with Gasteiger partial charge < -0.3 is 16.8 Å². The number of nitrogens with zero attached hydrogens (tertiary/aromatic N) is 1. The molecule has 0 radical (unpaired) electrons. The van der Waals surface area contributed by atoms with E-state index >= 15 is 0 Å². The molecule has 0 bridgehead atoms. The number of primary amides is 1. The van der Waals surface area contributed by atoms with E-state index in [0.717, 1.165) is 5.56 Å². The predicted molar refractivity (Wildman–Crippen MR) is 75.0 cm³/mol. The summed E-state index contributed by atoms with van der Waals surface area (Å²) in [5.74, 6) is -0.845. The lowest BCUT2D eigenvalue weighted by Gasteiger charge is -2.05. The summed E-state index contributed by atoms with van der Waals surface area (Å²) in [6, 6.07) is 9.65. The summed E-state index contributed by atoms with van der Waals surface area (Å²) >= 11 is 0. The van der Waals surface area contributed by atoms with Crippen molar-refractivity contribution in [2.75, 3.05) is 5.32 Å². The minimum Gasteiger partial charge on any atom is -0.366 e. The van der Waals surface area contributed by atoms with E-state index in [1.807, 2.05) is 0 Å². The van der Waals surface area contributed by atoms with E-state index in [4.69, 9.17) is 11.5 Å². The molecule has 0 atom stereocenters. The van der Waals surface area contributed by atoms with Gasteiger partial charge in [-0.05, 0) is 35.9 Å². The van der Waals surface area contributed by atoms with Crippen molar-refractivity contribution >= 4 is 17.5 Å². The Morgan fingerprint density at radius 3 is 2.30 bits per heavy atom. The minimum absolute atomic E-state index is 0.293. The van der Waals surface area contributed by atoms with Crippen LogP contribution in [0.15, 0.2) is 42.6 Å². The topological polar surface area (TPSA) is 111 Å². The first-order chi connectivity index (χ1) is 9.60. The summed E-state index contributed by atoms with van der Waals surface area (Å²) < 4.78 is 0.